The largest absolute Gasteiger partial charge is 0.486 e. The Hall–Kier alpha value is -10.1. The maximum Gasteiger partial charge on any atom is 0.268 e. The van der Waals surface area contributed by atoms with Gasteiger partial charge in [0.1, 0.15) is 106 Å². The van der Waals surface area contributed by atoms with Gasteiger partial charge in [-0.1, -0.05) is 0 Å². The van der Waals surface area contributed by atoms with Crippen molar-refractivity contribution in [3.8, 4) is 92.0 Å². The van der Waals surface area contributed by atoms with E-state index < -0.39 is 30.0 Å². The average Bonchev–Trinajstić information content (AvgIpc) is 0.731. The summed E-state index contributed by atoms with van der Waals surface area (Å²) >= 11 is 0. The zero-order valence-corrected chi connectivity index (χ0v) is 54.9. The second kappa shape index (κ2) is 25.2. The molecule has 9 heterocycles. The zero-order valence-electron chi connectivity index (χ0n) is 51.3. The summed E-state index contributed by atoms with van der Waals surface area (Å²) in [6.07, 6.45) is 0. The molecule has 9 aliphatic rings. The van der Waals surface area contributed by atoms with Gasteiger partial charge in [0.2, 0.25) is 0 Å². The normalized spacial score (nSPS) is 18.5. The molecule has 8 aromatic carbocycles. The molecule has 0 atom stereocenters. The number of rotatable bonds is 16. The molecule has 28 nitrogen and oxygen atoms in total. The average molecular weight is 1380 g/mol. The third-order valence-electron chi connectivity index (χ3n) is 15.7. The van der Waals surface area contributed by atoms with Gasteiger partial charge in [-0.05, 0) is 97.1 Å². The van der Waals surface area contributed by atoms with Crippen LogP contribution in [0.2, 0.25) is 0 Å². The van der Waals surface area contributed by atoms with Gasteiger partial charge in [-0.15, -0.1) is 0 Å². The summed E-state index contributed by atoms with van der Waals surface area (Å²) in [6.45, 7) is 5.51. The highest BCUT2D eigenvalue weighted by atomic mass is 31.3. The maximum atomic E-state index is 6.38. The van der Waals surface area contributed by atoms with Crippen LogP contribution in [0.5, 0.6) is 92.0 Å². The van der Waals surface area contributed by atoms with Crippen molar-refractivity contribution in [3.63, 3.8) is 0 Å². The molecule has 8 aromatic rings. The lowest BCUT2D eigenvalue weighted by Gasteiger charge is -2.39. The van der Waals surface area contributed by atoms with Gasteiger partial charge in [-0.3, -0.25) is 0 Å². The van der Waals surface area contributed by atoms with E-state index in [0.717, 1.165) is 0 Å². The van der Waals surface area contributed by atoms with Gasteiger partial charge in [-0.2, -0.15) is 18.1 Å². The van der Waals surface area contributed by atoms with E-state index in [1.807, 2.05) is 146 Å². The van der Waals surface area contributed by atoms with Crippen LogP contribution < -0.4 is 116 Å². The van der Waals surface area contributed by atoms with Gasteiger partial charge in [0, 0.05) is 94.0 Å². The van der Waals surface area contributed by atoms with E-state index in [9.17, 15) is 0 Å². The third-order valence-corrected chi connectivity index (χ3v) is 28.5. The monoisotopic (exact) mass is 1380 g/mol. The van der Waals surface area contributed by atoms with E-state index >= 15 is 0 Å². The van der Waals surface area contributed by atoms with Gasteiger partial charge >= 0.3 is 0 Å². The van der Waals surface area contributed by atoms with Crippen molar-refractivity contribution in [2.75, 3.05) is 146 Å². The Bertz CT molecular complexity index is 3770. The zero-order chi connectivity index (χ0) is 63.9. The lowest BCUT2D eigenvalue weighted by molar-refractivity contribution is 0.171. The van der Waals surface area contributed by atoms with Crippen molar-refractivity contribution in [2.45, 2.75) is 0 Å². The Morgan fingerprint density at radius 3 is 0.406 bits per heavy atom. The molecule has 0 amide bonds. The molecule has 32 heteroatoms. The van der Waals surface area contributed by atoms with Crippen LogP contribution >= 0.6 is 30.0 Å². The first-order chi connectivity index (χ1) is 47.2. The molecule has 0 unspecified atom stereocenters. The highest BCUT2D eigenvalue weighted by Gasteiger charge is 2.42. The molecule has 496 valence electrons. The van der Waals surface area contributed by atoms with E-state index in [1.165, 1.54) is 0 Å². The summed E-state index contributed by atoms with van der Waals surface area (Å²) in [5.41, 5.74) is 4.25. The van der Waals surface area contributed by atoms with Crippen LogP contribution in [-0.4, -0.2) is 106 Å². The number of ether oxygens (including phenoxy) is 16. The second-order valence-electron chi connectivity index (χ2n) is 22.5. The lowest BCUT2D eigenvalue weighted by Crippen LogP contribution is -2.19. The Morgan fingerprint density at radius 2 is 0.281 bits per heavy atom. The van der Waals surface area contributed by atoms with E-state index in [2.05, 4.69) is 40.7 Å². The van der Waals surface area contributed by atoms with Crippen LogP contribution in [0.15, 0.2) is 164 Å². The molecule has 0 aromatic heterocycles. The molecule has 8 N–H and O–H groups in total. The van der Waals surface area contributed by atoms with E-state index in [-0.39, 0.29) is 0 Å². The summed E-state index contributed by atoms with van der Waals surface area (Å²) in [5, 5.41) is 31.6. The first-order valence-corrected chi connectivity index (χ1v) is 38.0. The number of nitrogens with zero attached hydrogens (tertiary/aromatic N) is 4. The van der Waals surface area contributed by atoms with Gasteiger partial charge in [-0.25, -0.2) is 0 Å². The van der Waals surface area contributed by atoms with Crippen LogP contribution in [0.1, 0.15) is 0 Å². The minimum absolute atomic E-state index is 0.318. The van der Waals surface area contributed by atoms with Gasteiger partial charge in [0.25, 0.3) is 30.0 Å². The number of fused-ring (bicyclic) bond motifs is 8. The van der Waals surface area contributed by atoms with Crippen molar-refractivity contribution in [2.24, 2.45) is 18.1 Å². The molecule has 0 bridgehead atoms. The number of benzene rings is 8. The second-order valence-corrected chi connectivity index (χ2v) is 32.0. The third kappa shape index (κ3) is 12.6. The van der Waals surface area contributed by atoms with E-state index in [4.69, 9.17) is 93.9 Å². The smallest absolute Gasteiger partial charge is 0.268 e. The van der Waals surface area contributed by atoms with Crippen LogP contribution in [0.4, 0.5) is 45.5 Å². The lowest BCUT2D eigenvalue weighted by atomic mass is 10.3. The number of anilines is 8. The fraction of sp³-hybridized carbons (Fsp3) is 0.250. The molecular weight excluding hydrogens is 1320 g/mol. The molecule has 0 radical (unpaired) electrons. The Kier molecular flexibility index (Phi) is 15.7. The van der Waals surface area contributed by atoms with E-state index in [0.29, 0.717) is 243 Å². The summed E-state index contributed by atoms with van der Waals surface area (Å²) in [6, 6.07) is 45.0. The highest BCUT2D eigenvalue weighted by Crippen LogP contribution is 2.78. The van der Waals surface area contributed by atoms with Gasteiger partial charge in [0.15, 0.2) is 92.0 Å². The van der Waals surface area contributed by atoms with Crippen molar-refractivity contribution < 1.29 is 75.8 Å². The minimum atomic E-state index is -4.23. The summed E-state index contributed by atoms with van der Waals surface area (Å²) < 4.78 is 125. The quantitative estimate of drug-likeness (QED) is 0.0417. The number of hydrogen-bond acceptors (Lipinski definition) is 28. The fourth-order valence-corrected chi connectivity index (χ4v) is 26.6. The fourth-order valence-electron chi connectivity index (χ4n) is 11.6. The van der Waals surface area contributed by atoms with Gasteiger partial charge < -0.3 is 116 Å². The van der Waals surface area contributed by atoms with Crippen LogP contribution in [0.3, 0.4) is 0 Å². The highest BCUT2D eigenvalue weighted by molar-refractivity contribution is 7.90. The van der Waals surface area contributed by atoms with Crippen molar-refractivity contribution in [3.05, 3.63) is 146 Å². The Labute approximate surface area is 550 Å². The minimum Gasteiger partial charge on any atom is -0.486 e. The maximum absolute atomic E-state index is 6.38. The van der Waals surface area contributed by atoms with Crippen LogP contribution in [0.25, 0.3) is 0 Å². The molecule has 0 saturated heterocycles. The number of nitrogens with one attached hydrogen (secondary N) is 8. The van der Waals surface area contributed by atoms with Crippen molar-refractivity contribution in [1.82, 2.24) is 0 Å². The Morgan fingerprint density at radius 1 is 0.167 bits per heavy atom. The molecule has 17 rings (SSSR count). The molecular formula is C64H64N12O16P4. The topological polar surface area (TPSA) is 293 Å². The first kappa shape index (κ1) is 59.6. The molecule has 96 heavy (non-hydrogen) atoms. The molecule has 0 fully saturated rings. The Balaban J connectivity index is 1.02. The van der Waals surface area contributed by atoms with Crippen molar-refractivity contribution >= 4 is 75.5 Å². The predicted molar refractivity (Wildman–Crippen MR) is 366 cm³/mol. The summed E-state index contributed by atoms with van der Waals surface area (Å²) in [4.78, 5) is 0. The molecule has 0 saturated carbocycles. The molecule has 0 spiro atoms. The van der Waals surface area contributed by atoms with Crippen LogP contribution in [0, 0.1) is 0 Å². The summed E-state index contributed by atoms with van der Waals surface area (Å²) in [5.74, 6) is 8.46. The first-order valence-electron chi connectivity index (χ1n) is 31.2. The molecule has 9 aliphatic heterocycles. The summed E-state index contributed by atoms with van der Waals surface area (Å²) in [7, 11) is -16.9. The van der Waals surface area contributed by atoms with E-state index in [1.54, 1.807) is 0 Å². The van der Waals surface area contributed by atoms with Crippen molar-refractivity contribution in [1.29, 1.82) is 0 Å². The van der Waals surface area contributed by atoms with Gasteiger partial charge in [0.05, 0.1) is 0 Å². The SMILES string of the molecule is c1cc2c(cc1NP1(Nc3ccc4c(c3)OCCO4)=NP(Nc3ccc4c(c3)OCCO4)(Nc3ccc4c(c3)OCCO4)=NP(Nc3ccc4c(c3)OCCO4)(Nc3ccc4c(c3)OCCO4)=NP(Nc3ccc4c(c3)OCCO4)(Nc3ccc4c(c3)OCCO4)=N1)OCCO2. The standard InChI is InChI=1S/C64H64N12O16P4/c1-9-49-57(85-25-17-77-49)33-41(1)65-93(66-42-2-10-50-58(34-42)86-26-18-78-50)73-94(67-43-3-11-51-59(35-43)87-27-19-79-51,68-44-4-12-52-60(36-44)88-28-20-80-52)75-96(71-47-7-15-55-63(39-47)91-31-23-83-55,72-48-8-16-56-64(40-48)92-32-24-84-56)76-95(74-93,69-45-5-13-53-61(37-45)89-29-21-81-53)70-46-6-14-54-62(38-46)90-30-22-82-54/h1-16,33-40,65-72H,17-32H2. The number of hydrogen-bond donors (Lipinski definition) is 8. The predicted octanol–water partition coefficient (Wildman–Crippen LogP) is 14.9. The molecule has 0 aliphatic carbocycles. The van der Waals surface area contributed by atoms with Crippen LogP contribution in [-0.2, 0) is 0 Å².